The molecule has 1 aromatic carbocycles. The molecule has 1 aliphatic rings. The quantitative estimate of drug-likeness (QED) is 0.845. The average molecular weight is 288 g/mol. The molecule has 21 heavy (non-hydrogen) atoms. The zero-order valence-corrected chi connectivity index (χ0v) is 14.2. The summed E-state index contributed by atoms with van der Waals surface area (Å²) in [5, 5.41) is 3.83. The number of nitrogens with zero attached hydrogens (tertiary/aromatic N) is 1. The molecule has 1 heterocycles. The maximum atomic E-state index is 3.83. The van der Waals surface area contributed by atoms with Crippen LogP contribution in [0.15, 0.2) is 24.3 Å². The van der Waals surface area contributed by atoms with Crippen LogP contribution in [0.5, 0.6) is 0 Å². The van der Waals surface area contributed by atoms with E-state index in [0.29, 0.717) is 12.1 Å². The first-order chi connectivity index (χ1) is 10.1. The maximum Gasteiger partial charge on any atom is 0.0294 e. The van der Waals surface area contributed by atoms with E-state index in [1.54, 1.807) is 0 Å². The van der Waals surface area contributed by atoms with E-state index in [1.807, 2.05) is 0 Å². The lowest BCUT2D eigenvalue weighted by atomic mass is 9.90. The first kappa shape index (κ1) is 16.5. The van der Waals surface area contributed by atoms with Crippen molar-refractivity contribution in [2.75, 3.05) is 19.6 Å². The Morgan fingerprint density at radius 2 is 2.14 bits per heavy atom. The van der Waals surface area contributed by atoms with Gasteiger partial charge in [0.1, 0.15) is 0 Å². The fraction of sp³-hybridized carbons (Fsp3) is 0.684. The number of hydrogen-bond acceptors (Lipinski definition) is 2. The van der Waals surface area contributed by atoms with Gasteiger partial charge in [0.25, 0.3) is 0 Å². The smallest absolute Gasteiger partial charge is 0.0294 e. The van der Waals surface area contributed by atoms with Crippen LogP contribution < -0.4 is 5.32 Å². The highest BCUT2D eigenvalue weighted by molar-refractivity contribution is 5.24. The minimum atomic E-state index is 0.432. The molecular weight excluding hydrogens is 256 g/mol. The predicted octanol–water partition coefficient (Wildman–Crippen LogP) is 4.16. The molecular formula is C19H32N2. The van der Waals surface area contributed by atoms with E-state index in [0.717, 1.165) is 5.92 Å². The first-order valence-corrected chi connectivity index (χ1v) is 8.65. The summed E-state index contributed by atoms with van der Waals surface area (Å²) in [5.41, 5.74) is 2.75. The highest BCUT2D eigenvalue weighted by atomic mass is 15.1. The van der Waals surface area contributed by atoms with Crippen molar-refractivity contribution in [1.82, 2.24) is 10.2 Å². The van der Waals surface area contributed by atoms with Crippen molar-refractivity contribution >= 4 is 0 Å². The van der Waals surface area contributed by atoms with Crippen LogP contribution in [-0.2, 0) is 0 Å². The van der Waals surface area contributed by atoms with E-state index in [2.05, 4.69) is 62.2 Å². The van der Waals surface area contributed by atoms with Gasteiger partial charge in [-0.1, -0.05) is 36.8 Å². The molecule has 2 heteroatoms. The summed E-state index contributed by atoms with van der Waals surface area (Å²) in [6, 6.07) is 9.89. The van der Waals surface area contributed by atoms with E-state index in [4.69, 9.17) is 0 Å². The summed E-state index contributed by atoms with van der Waals surface area (Å²) in [7, 11) is 0. The molecule has 1 fully saturated rings. The number of piperidine rings is 1. The Morgan fingerprint density at radius 3 is 2.86 bits per heavy atom. The zero-order chi connectivity index (χ0) is 15.2. The van der Waals surface area contributed by atoms with E-state index in [-0.39, 0.29) is 0 Å². The Hall–Kier alpha value is -0.860. The van der Waals surface area contributed by atoms with Gasteiger partial charge in [-0.2, -0.15) is 0 Å². The maximum absolute atomic E-state index is 3.83. The fourth-order valence-electron chi connectivity index (χ4n) is 3.58. The van der Waals surface area contributed by atoms with Crippen LogP contribution >= 0.6 is 0 Å². The molecule has 3 atom stereocenters. The SMILES string of the molecule is CCCN1CCCC(C(C)N[C@H](C)c2cccc(C)c2)C1. The topological polar surface area (TPSA) is 15.3 Å². The lowest BCUT2D eigenvalue weighted by molar-refractivity contribution is 0.147. The molecule has 1 saturated heterocycles. The van der Waals surface area contributed by atoms with E-state index in [9.17, 15) is 0 Å². The molecule has 0 saturated carbocycles. The van der Waals surface area contributed by atoms with Gasteiger partial charge < -0.3 is 10.2 Å². The van der Waals surface area contributed by atoms with Gasteiger partial charge in [0, 0.05) is 18.6 Å². The summed E-state index contributed by atoms with van der Waals surface area (Å²) >= 11 is 0. The summed E-state index contributed by atoms with van der Waals surface area (Å²) in [4.78, 5) is 2.64. The van der Waals surface area contributed by atoms with Crippen LogP contribution in [0.2, 0.25) is 0 Å². The van der Waals surface area contributed by atoms with Crippen LogP contribution in [0.25, 0.3) is 0 Å². The van der Waals surface area contributed by atoms with Gasteiger partial charge in [0.05, 0.1) is 0 Å². The number of nitrogens with one attached hydrogen (secondary N) is 1. The standard InChI is InChI=1S/C19H32N2/c1-5-11-21-12-7-10-19(14-21)17(4)20-16(3)18-9-6-8-15(2)13-18/h6,8-9,13,16-17,19-20H,5,7,10-12,14H2,1-4H3/t16-,17?,19?/m1/s1. The second kappa shape index (κ2) is 7.95. The van der Waals surface area contributed by atoms with Crippen molar-refractivity contribution in [3.8, 4) is 0 Å². The van der Waals surface area contributed by atoms with Crippen molar-refractivity contribution in [3.05, 3.63) is 35.4 Å². The Labute approximate surface area is 130 Å². The summed E-state index contributed by atoms with van der Waals surface area (Å²) in [5.74, 6) is 0.789. The molecule has 2 nitrogen and oxygen atoms in total. The highest BCUT2D eigenvalue weighted by Crippen LogP contribution is 2.22. The van der Waals surface area contributed by atoms with Crippen molar-refractivity contribution in [2.24, 2.45) is 5.92 Å². The van der Waals surface area contributed by atoms with Gasteiger partial charge in [0.2, 0.25) is 0 Å². The molecule has 1 aliphatic heterocycles. The molecule has 0 bridgehead atoms. The highest BCUT2D eigenvalue weighted by Gasteiger charge is 2.25. The summed E-state index contributed by atoms with van der Waals surface area (Å²) < 4.78 is 0. The van der Waals surface area contributed by atoms with Crippen molar-refractivity contribution < 1.29 is 0 Å². The molecule has 2 unspecified atom stereocenters. The minimum Gasteiger partial charge on any atom is -0.307 e. The number of likely N-dealkylation sites (tertiary alicyclic amines) is 1. The van der Waals surface area contributed by atoms with Crippen molar-refractivity contribution in [3.63, 3.8) is 0 Å². The van der Waals surface area contributed by atoms with Crippen LogP contribution in [0.1, 0.15) is 57.2 Å². The molecule has 2 rings (SSSR count). The molecule has 118 valence electrons. The molecule has 0 radical (unpaired) electrons. The fourth-order valence-corrected chi connectivity index (χ4v) is 3.58. The monoisotopic (exact) mass is 288 g/mol. The third-order valence-corrected chi connectivity index (χ3v) is 4.84. The van der Waals surface area contributed by atoms with E-state index >= 15 is 0 Å². The van der Waals surface area contributed by atoms with Gasteiger partial charge in [-0.25, -0.2) is 0 Å². The Balaban J connectivity index is 1.89. The zero-order valence-electron chi connectivity index (χ0n) is 14.2. The third kappa shape index (κ3) is 4.82. The van der Waals surface area contributed by atoms with Crippen LogP contribution in [-0.4, -0.2) is 30.6 Å². The average Bonchev–Trinajstić information content (AvgIpc) is 2.48. The van der Waals surface area contributed by atoms with E-state index in [1.165, 1.54) is 50.0 Å². The number of benzene rings is 1. The third-order valence-electron chi connectivity index (χ3n) is 4.84. The van der Waals surface area contributed by atoms with Gasteiger partial charge in [-0.3, -0.25) is 0 Å². The second-order valence-electron chi connectivity index (χ2n) is 6.79. The Bertz CT molecular complexity index is 427. The Kier molecular flexibility index (Phi) is 6.25. The summed E-state index contributed by atoms with van der Waals surface area (Å²) in [6.07, 6.45) is 4.00. The van der Waals surface area contributed by atoms with E-state index < -0.39 is 0 Å². The van der Waals surface area contributed by atoms with Gasteiger partial charge in [0.15, 0.2) is 0 Å². The number of hydrogen-bond donors (Lipinski definition) is 1. The number of rotatable bonds is 6. The molecule has 0 amide bonds. The molecule has 1 aromatic rings. The van der Waals surface area contributed by atoms with Gasteiger partial charge in [-0.05, 0) is 64.6 Å². The number of aryl methyl sites for hydroxylation is 1. The lowest BCUT2D eigenvalue weighted by Crippen LogP contribution is -2.45. The minimum absolute atomic E-state index is 0.432. The molecule has 1 N–H and O–H groups in total. The van der Waals surface area contributed by atoms with Crippen LogP contribution in [0.4, 0.5) is 0 Å². The largest absolute Gasteiger partial charge is 0.307 e. The first-order valence-electron chi connectivity index (χ1n) is 8.65. The van der Waals surface area contributed by atoms with Gasteiger partial charge >= 0.3 is 0 Å². The second-order valence-corrected chi connectivity index (χ2v) is 6.79. The van der Waals surface area contributed by atoms with Gasteiger partial charge in [-0.15, -0.1) is 0 Å². The summed E-state index contributed by atoms with van der Waals surface area (Å²) in [6.45, 7) is 12.9. The molecule has 0 spiro atoms. The normalized spacial score (nSPS) is 23.0. The van der Waals surface area contributed by atoms with Crippen molar-refractivity contribution in [1.29, 1.82) is 0 Å². The van der Waals surface area contributed by atoms with Crippen LogP contribution in [0.3, 0.4) is 0 Å². The lowest BCUT2D eigenvalue weighted by Gasteiger charge is -2.37. The van der Waals surface area contributed by atoms with Crippen LogP contribution in [0, 0.1) is 12.8 Å². The Morgan fingerprint density at radius 1 is 1.33 bits per heavy atom. The molecule has 0 aliphatic carbocycles. The van der Waals surface area contributed by atoms with Crippen molar-refractivity contribution in [2.45, 2.75) is 59.0 Å². The molecule has 0 aromatic heterocycles. The predicted molar refractivity (Wildman–Crippen MR) is 91.6 cm³/mol.